The number of sulfonamides is 1. The standard InChI is InChI=1S/C24H33N3O4S/c1-5-25(18(2)3)17-20-7-9-21(10-8-20)24(29)26-12-14-27(15-13-26)32(30,31)23-16-19(4)6-11-22(23)28/h6-11,16,18,28H,5,12-15,17H2,1-4H3. The lowest BCUT2D eigenvalue weighted by molar-refractivity contribution is 0.0697. The Hall–Kier alpha value is -2.42. The zero-order chi connectivity index (χ0) is 23.5. The van der Waals surface area contributed by atoms with Crippen molar-refractivity contribution < 1.29 is 18.3 Å². The molecule has 0 saturated carbocycles. The molecule has 1 aliphatic heterocycles. The van der Waals surface area contributed by atoms with Gasteiger partial charge in [-0.3, -0.25) is 9.69 Å². The number of carbonyl (C=O) groups excluding carboxylic acids is 1. The van der Waals surface area contributed by atoms with Crippen molar-refractivity contribution in [2.75, 3.05) is 32.7 Å². The van der Waals surface area contributed by atoms with Gasteiger partial charge >= 0.3 is 0 Å². The van der Waals surface area contributed by atoms with Crippen molar-refractivity contribution in [1.82, 2.24) is 14.1 Å². The Labute approximate surface area is 191 Å². The molecule has 32 heavy (non-hydrogen) atoms. The molecule has 1 fully saturated rings. The lowest BCUT2D eigenvalue weighted by Gasteiger charge is -2.34. The number of rotatable bonds is 7. The number of hydrogen-bond donors (Lipinski definition) is 1. The summed E-state index contributed by atoms with van der Waals surface area (Å²) in [4.78, 5) is 16.9. The third kappa shape index (κ3) is 5.31. The molecule has 1 N–H and O–H groups in total. The van der Waals surface area contributed by atoms with Gasteiger partial charge in [-0.2, -0.15) is 4.31 Å². The number of amides is 1. The highest BCUT2D eigenvalue weighted by atomic mass is 32.2. The molecule has 1 aliphatic rings. The van der Waals surface area contributed by atoms with Crippen LogP contribution in [0.2, 0.25) is 0 Å². The van der Waals surface area contributed by atoms with Crippen LogP contribution in [0.4, 0.5) is 0 Å². The zero-order valence-electron chi connectivity index (χ0n) is 19.3. The Morgan fingerprint density at radius 1 is 1.06 bits per heavy atom. The second-order valence-electron chi connectivity index (χ2n) is 8.52. The average molecular weight is 460 g/mol. The molecule has 0 aromatic heterocycles. The van der Waals surface area contributed by atoms with E-state index in [0.717, 1.165) is 24.2 Å². The SMILES string of the molecule is CCN(Cc1ccc(C(=O)N2CCN(S(=O)(=O)c3cc(C)ccc3O)CC2)cc1)C(C)C. The van der Waals surface area contributed by atoms with Crippen LogP contribution >= 0.6 is 0 Å². The molecule has 8 heteroatoms. The predicted octanol–water partition coefficient (Wildman–Crippen LogP) is 3.08. The molecule has 1 heterocycles. The fourth-order valence-corrected chi connectivity index (χ4v) is 5.52. The van der Waals surface area contributed by atoms with Gasteiger partial charge in [0.1, 0.15) is 10.6 Å². The van der Waals surface area contributed by atoms with E-state index in [-0.39, 0.29) is 29.6 Å². The lowest BCUT2D eigenvalue weighted by Crippen LogP contribution is -2.50. The third-order valence-electron chi connectivity index (χ3n) is 5.98. The van der Waals surface area contributed by atoms with Crippen LogP contribution < -0.4 is 0 Å². The van der Waals surface area contributed by atoms with Gasteiger partial charge in [0.05, 0.1) is 0 Å². The van der Waals surface area contributed by atoms with Crippen molar-refractivity contribution in [2.24, 2.45) is 0 Å². The van der Waals surface area contributed by atoms with E-state index in [9.17, 15) is 18.3 Å². The summed E-state index contributed by atoms with van der Waals surface area (Å²) in [6.07, 6.45) is 0. The average Bonchev–Trinajstić information content (AvgIpc) is 2.78. The first-order valence-corrected chi connectivity index (χ1v) is 12.5. The highest BCUT2D eigenvalue weighted by Crippen LogP contribution is 2.27. The van der Waals surface area contributed by atoms with E-state index in [2.05, 4.69) is 25.7 Å². The molecular formula is C24H33N3O4S. The number of carbonyl (C=O) groups is 1. The van der Waals surface area contributed by atoms with Crippen molar-refractivity contribution in [3.8, 4) is 5.75 Å². The van der Waals surface area contributed by atoms with Crippen LogP contribution in [0.5, 0.6) is 5.75 Å². The fraction of sp³-hybridized carbons (Fsp3) is 0.458. The van der Waals surface area contributed by atoms with Gasteiger partial charge in [0.15, 0.2) is 0 Å². The quantitative estimate of drug-likeness (QED) is 0.688. The number of phenolic OH excluding ortho intramolecular Hbond substituents is 1. The van der Waals surface area contributed by atoms with Gasteiger partial charge in [-0.25, -0.2) is 8.42 Å². The molecule has 2 aromatic carbocycles. The smallest absolute Gasteiger partial charge is 0.253 e. The number of nitrogens with zero attached hydrogens (tertiary/aromatic N) is 3. The predicted molar refractivity (Wildman–Crippen MR) is 125 cm³/mol. The van der Waals surface area contributed by atoms with Crippen molar-refractivity contribution in [3.63, 3.8) is 0 Å². The molecule has 0 aliphatic carbocycles. The van der Waals surface area contributed by atoms with Crippen LogP contribution in [0, 0.1) is 6.92 Å². The van der Waals surface area contributed by atoms with E-state index in [1.165, 1.54) is 16.4 Å². The van der Waals surface area contributed by atoms with E-state index in [0.29, 0.717) is 24.7 Å². The normalized spacial score (nSPS) is 15.5. The molecule has 2 aromatic rings. The molecule has 0 atom stereocenters. The molecule has 0 spiro atoms. The Bertz CT molecular complexity index is 1040. The summed E-state index contributed by atoms with van der Waals surface area (Å²) in [6, 6.07) is 12.7. The van der Waals surface area contributed by atoms with Crippen molar-refractivity contribution in [2.45, 2.75) is 45.2 Å². The van der Waals surface area contributed by atoms with E-state index in [1.807, 2.05) is 24.3 Å². The van der Waals surface area contributed by atoms with Gasteiger partial charge in [-0.15, -0.1) is 0 Å². The Morgan fingerprint density at radius 3 is 2.25 bits per heavy atom. The maximum absolute atomic E-state index is 13.0. The first-order chi connectivity index (χ1) is 15.1. The summed E-state index contributed by atoms with van der Waals surface area (Å²) < 4.78 is 27.3. The molecular weight excluding hydrogens is 426 g/mol. The molecule has 0 radical (unpaired) electrons. The van der Waals surface area contributed by atoms with Gasteiger partial charge in [0.2, 0.25) is 10.0 Å². The van der Waals surface area contributed by atoms with Gasteiger partial charge in [-0.05, 0) is 62.7 Å². The van der Waals surface area contributed by atoms with Crippen molar-refractivity contribution in [3.05, 3.63) is 59.2 Å². The molecule has 0 unspecified atom stereocenters. The van der Waals surface area contributed by atoms with Crippen LogP contribution in [-0.4, -0.2) is 72.3 Å². The maximum Gasteiger partial charge on any atom is 0.253 e. The summed E-state index contributed by atoms with van der Waals surface area (Å²) in [5.41, 5.74) is 2.52. The van der Waals surface area contributed by atoms with Gasteiger partial charge in [0, 0.05) is 44.3 Å². The zero-order valence-corrected chi connectivity index (χ0v) is 20.1. The maximum atomic E-state index is 13.0. The Kier molecular flexibility index (Phi) is 7.59. The van der Waals surface area contributed by atoms with Gasteiger partial charge in [0.25, 0.3) is 5.91 Å². The monoisotopic (exact) mass is 459 g/mol. The first-order valence-electron chi connectivity index (χ1n) is 11.1. The molecule has 174 valence electrons. The van der Waals surface area contributed by atoms with E-state index >= 15 is 0 Å². The van der Waals surface area contributed by atoms with Crippen LogP contribution in [0.1, 0.15) is 42.3 Å². The summed E-state index contributed by atoms with van der Waals surface area (Å²) in [5, 5.41) is 10.0. The van der Waals surface area contributed by atoms with E-state index < -0.39 is 10.0 Å². The lowest BCUT2D eigenvalue weighted by atomic mass is 10.1. The van der Waals surface area contributed by atoms with Gasteiger partial charge < -0.3 is 10.0 Å². The number of benzene rings is 2. The number of piperazine rings is 1. The van der Waals surface area contributed by atoms with Crippen molar-refractivity contribution >= 4 is 15.9 Å². The number of hydrogen-bond acceptors (Lipinski definition) is 5. The summed E-state index contributed by atoms with van der Waals surface area (Å²) >= 11 is 0. The minimum atomic E-state index is -3.82. The molecule has 1 amide bonds. The second-order valence-corrected chi connectivity index (χ2v) is 10.4. The number of aryl methyl sites for hydroxylation is 1. The Morgan fingerprint density at radius 2 is 1.69 bits per heavy atom. The molecule has 0 bridgehead atoms. The first kappa shape index (κ1) is 24.2. The van der Waals surface area contributed by atoms with Gasteiger partial charge in [-0.1, -0.05) is 25.1 Å². The summed E-state index contributed by atoms with van der Waals surface area (Å²) in [7, 11) is -3.82. The van der Waals surface area contributed by atoms with Crippen molar-refractivity contribution in [1.29, 1.82) is 0 Å². The summed E-state index contributed by atoms with van der Waals surface area (Å²) in [5.74, 6) is -0.350. The largest absolute Gasteiger partial charge is 0.507 e. The highest BCUT2D eigenvalue weighted by Gasteiger charge is 2.32. The molecule has 3 rings (SSSR count). The van der Waals surface area contributed by atoms with Crippen LogP contribution in [0.25, 0.3) is 0 Å². The van der Waals surface area contributed by atoms with Crippen LogP contribution in [0.15, 0.2) is 47.4 Å². The van der Waals surface area contributed by atoms with Crippen LogP contribution in [-0.2, 0) is 16.6 Å². The fourth-order valence-electron chi connectivity index (χ4n) is 3.93. The molecule has 7 nitrogen and oxygen atoms in total. The third-order valence-corrected chi connectivity index (χ3v) is 7.91. The Balaban J connectivity index is 1.63. The summed E-state index contributed by atoms with van der Waals surface area (Å²) in [6.45, 7) is 11.1. The highest BCUT2D eigenvalue weighted by molar-refractivity contribution is 7.89. The second kappa shape index (κ2) is 10.0. The number of phenols is 1. The van der Waals surface area contributed by atoms with Crippen LogP contribution in [0.3, 0.4) is 0 Å². The topological polar surface area (TPSA) is 81.2 Å². The van der Waals surface area contributed by atoms with E-state index in [4.69, 9.17) is 0 Å². The van der Waals surface area contributed by atoms with E-state index in [1.54, 1.807) is 17.9 Å². The minimum absolute atomic E-state index is 0.0876. The minimum Gasteiger partial charge on any atom is -0.507 e. The molecule has 1 saturated heterocycles. The number of aromatic hydroxyl groups is 1.